The number of anilines is 2. The number of halogens is 4. The Hall–Kier alpha value is -1.46. The molecule has 1 aliphatic rings. The van der Waals surface area contributed by atoms with Gasteiger partial charge in [-0.1, -0.05) is 58.5 Å². The smallest absolute Gasteiger partial charge is 0.256 e. The number of hydrogen-bond donors (Lipinski definition) is 1. The Labute approximate surface area is 158 Å². The van der Waals surface area contributed by atoms with Crippen molar-refractivity contribution in [2.75, 3.05) is 10.2 Å². The molecule has 0 spiro atoms. The molecule has 4 nitrogen and oxygen atoms in total. The van der Waals surface area contributed by atoms with Crippen LogP contribution in [0.4, 0.5) is 11.4 Å². The SMILES string of the molecule is O=C1CC(Nc2cccc(Cl)c2Cl)C(=O)N1c1cccc(Cl)c1Cl. The number of imide groups is 1. The summed E-state index contributed by atoms with van der Waals surface area (Å²) in [6.45, 7) is 0. The lowest BCUT2D eigenvalue weighted by Gasteiger charge is -2.18. The van der Waals surface area contributed by atoms with Crippen molar-refractivity contribution in [3.8, 4) is 0 Å². The van der Waals surface area contributed by atoms with E-state index in [2.05, 4.69) is 5.32 Å². The molecular formula is C16H10Cl4N2O2. The van der Waals surface area contributed by atoms with Gasteiger partial charge < -0.3 is 5.32 Å². The van der Waals surface area contributed by atoms with Crippen molar-refractivity contribution >= 4 is 69.6 Å². The topological polar surface area (TPSA) is 49.4 Å². The van der Waals surface area contributed by atoms with Gasteiger partial charge in [0.25, 0.3) is 5.91 Å². The maximum absolute atomic E-state index is 12.6. The highest BCUT2D eigenvalue weighted by Crippen LogP contribution is 2.36. The number of rotatable bonds is 3. The molecule has 2 aromatic rings. The van der Waals surface area contributed by atoms with Crippen LogP contribution in [0, 0.1) is 0 Å². The average molecular weight is 404 g/mol. The third kappa shape index (κ3) is 3.07. The van der Waals surface area contributed by atoms with Crippen LogP contribution in [0.1, 0.15) is 6.42 Å². The van der Waals surface area contributed by atoms with E-state index in [1.807, 2.05) is 0 Å². The van der Waals surface area contributed by atoms with Gasteiger partial charge in [-0.2, -0.15) is 0 Å². The third-order valence-corrected chi connectivity index (χ3v) is 5.23. The minimum Gasteiger partial charge on any atom is -0.372 e. The second-order valence-corrected chi connectivity index (χ2v) is 6.71. The number of benzene rings is 2. The van der Waals surface area contributed by atoms with Crippen LogP contribution in [-0.2, 0) is 9.59 Å². The van der Waals surface area contributed by atoms with Gasteiger partial charge in [0.05, 0.1) is 37.9 Å². The number of carbonyl (C=O) groups is 2. The summed E-state index contributed by atoms with van der Waals surface area (Å²) in [5.41, 5.74) is 0.745. The van der Waals surface area contributed by atoms with Gasteiger partial charge in [-0.15, -0.1) is 0 Å². The molecule has 0 saturated carbocycles. The summed E-state index contributed by atoms with van der Waals surface area (Å²) in [4.78, 5) is 26.0. The summed E-state index contributed by atoms with van der Waals surface area (Å²) in [5, 5.41) is 4.03. The zero-order valence-electron chi connectivity index (χ0n) is 12.0. The van der Waals surface area contributed by atoms with Crippen molar-refractivity contribution in [3.63, 3.8) is 0 Å². The second-order valence-electron chi connectivity index (χ2n) is 5.14. The van der Waals surface area contributed by atoms with E-state index in [4.69, 9.17) is 46.4 Å². The van der Waals surface area contributed by atoms with Gasteiger partial charge in [-0.05, 0) is 24.3 Å². The van der Waals surface area contributed by atoms with E-state index in [9.17, 15) is 9.59 Å². The standard InChI is InChI=1S/C16H10Cl4N2O2/c17-8-3-1-5-10(14(8)19)21-11-7-13(23)22(16(11)24)12-6-2-4-9(18)15(12)20/h1-6,11,21H,7H2. The molecule has 1 aliphatic heterocycles. The van der Waals surface area contributed by atoms with Gasteiger partial charge in [-0.25, -0.2) is 4.90 Å². The maximum atomic E-state index is 12.6. The number of carbonyl (C=O) groups excluding carboxylic acids is 2. The van der Waals surface area contributed by atoms with Crippen LogP contribution < -0.4 is 10.2 Å². The van der Waals surface area contributed by atoms with Crippen molar-refractivity contribution in [1.82, 2.24) is 0 Å². The van der Waals surface area contributed by atoms with Gasteiger partial charge in [0.15, 0.2) is 0 Å². The molecule has 0 bridgehead atoms. The van der Waals surface area contributed by atoms with Crippen LogP contribution in [0.5, 0.6) is 0 Å². The first-order valence-corrected chi connectivity index (χ1v) is 8.42. The van der Waals surface area contributed by atoms with E-state index in [0.29, 0.717) is 15.7 Å². The molecule has 1 heterocycles. The summed E-state index contributed by atoms with van der Waals surface area (Å²) in [6.07, 6.45) is -0.0233. The van der Waals surface area contributed by atoms with E-state index < -0.39 is 11.9 Å². The Kier molecular flexibility index (Phi) is 4.92. The lowest BCUT2D eigenvalue weighted by Crippen LogP contribution is -2.35. The number of nitrogens with zero attached hydrogens (tertiary/aromatic N) is 1. The molecule has 24 heavy (non-hydrogen) atoms. The molecule has 0 aliphatic carbocycles. The molecule has 2 aromatic carbocycles. The molecule has 1 atom stereocenters. The molecular weight excluding hydrogens is 394 g/mol. The van der Waals surface area contributed by atoms with E-state index >= 15 is 0 Å². The molecule has 124 valence electrons. The van der Waals surface area contributed by atoms with Crippen molar-refractivity contribution < 1.29 is 9.59 Å². The van der Waals surface area contributed by atoms with Crippen molar-refractivity contribution in [2.45, 2.75) is 12.5 Å². The Morgan fingerprint density at radius 2 is 1.54 bits per heavy atom. The lowest BCUT2D eigenvalue weighted by atomic mass is 10.2. The van der Waals surface area contributed by atoms with E-state index in [1.54, 1.807) is 36.4 Å². The second kappa shape index (κ2) is 6.81. The van der Waals surface area contributed by atoms with Crippen LogP contribution in [0.15, 0.2) is 36.4 Å². The molecule has 2 amide bonds. The molecule has 1 fully saturated rings. The van der Waals surface area contributed by atoms with Crippen molar-refractivity contribution in [1.29, 1.82) is 0 Å². The predicted octanol–water partition coefficient (Wildman–Crippen LogP) is 5.04. The average Bonchev–Trinajstić information content (AvgIpc) is 2.81. The fraction of sp³-hybridized carbons (Fsp3) is 0.125. The zero-order valence-corrected chi connectivity index (χ0v) is 15.0. The van der Waals surface area contributed by atoms with E-state index in [0.717, 1.165) is 4.90 Å². The van der Waals surface area contributed by atoms with Gasteiger partial charge in [0.2, 0.25) is 5.91 Å². The number of amides is 2. The molecule has 3 rings (SSSR count). The molecule has 0 radical (unpaired) electrons. The molecule has 1 saturated heterocycles. The Morgan fingerprint density at radius 3 is 2.25 bits per heavy atom. The molecule has 8 heteroatoms. The van der Waals surface area contributed by atoms with E-state index in [-0.39, 0.29) is 28.1 Å². The Morgan fingerprint density at radius 1 is 0.917 bits per heavy atom. The minimum absolute atomic E-state index is 0.0233. The Bertz CT molecular complexity index is 841. The first-order chi connectivity index (χ1) is 11.4. The third-order valence-electron chi connectivity index (χ3n) is 3.60. The fourth-order valence-corrected chi connectivity index (χ4v) is 3.20. The summed E-state index contributed by atoms with van der Waals surface area (Å²) in [7, 11) is 0. The predicted molar refractivity (Wildman–Crippen MR) is 97.4 cm³/mol. The largest absolute Gasteiger partial charge is 0.372 e. The van der Waals surface area contributed by atoms with Crippen LogP contribution in [0.3, 0.4) is 0 Å². The van der Waals surface area contributed by atoms with Crippen molar-refractivity contribution in [3.05, 3.63) is 56.5 Å². The van der Waals surface area contributed by atoms with Gasteiger partial charge in [-0.3, -0.25) is 9.59 Å². The summed E-state index contributed by atoms with van der Waals surface area (Å²) < 4.78 is 0. The van der Waals surface area contributed by atoms with Crippen LogP contribution in [0.25, 0.3) is 0 Å². The zero-order chi connectivity index (χ0) is 17.4. The van der Waals surface area contributed by atoms with Crippen LogP contribution in [0.2, 0.25) is 20.1 Å². The van der Waals surface area contributed by atoms with Gasteiger partial charge >= 0.3 is 0 Å². The number of nitrogens with one attached hydrogen (secondary N) is 1. The first-order valence-electron chi connectivity index (χ1n) is 6.91. The summed E-state index contributed by atoms with van der Waals surface area (Å²) >= 11 is 24.2. The summed E-state index contributed by atoms with van der Waals surface area (Å²) in [5.74, 6) is -0.806. The summed E-state index contributed by atoms with van der Waals surface area (Å²) in [6, 6.07) is 9.03. The fourth-order valence-electron chi connectivity index (χ4n) is 2.47. The lowest BCUT2D eigenvalue weighted by molar-refractivity contribution is -0.121. The van der Waals surface area contributed by atoms with Gasteiger partial charge in [0.1, 0.15) is 6.04 Å². The molecule has 0 aromatic heterocycles. The van der Waals surface area contributed by atoms with Gasteiger partial charge in [0, 0.05) is 0 Å². The molecule has 1 N–H and O–H groups in total. The Balaban J connectivity index is 1.89. The maximum Gasteiger partial charge on any atom is 0.256 e. The normalized spacial score (nSPS) is 17.5. The minimum atomic E-state index is -0.761. The van der Waals surface area contributed by atoms with Crippen LogP contribution in [-0.4, -0.2) is 17.9 Å². The number of hydrogen-bond acceptors (Lipinski definition) is 3. The van der Waals surface area contributed by atoms with Crippen molar-refractivity contribution in [2.24, 2.45) is 0 Å². The monoisotopic (exact) mass is 402 g/mol. The first kappa shape index (κ1) is 17.4. The van der Waals surface area contributed by atoms with E-state index in [1.165, 1.54) is 0 Å². The highest BCUT2D eigenvalue weighted by Gasteiger charge is 2.40. The highest BCUT2D eigenvalue weighted by atomic mass is 35.5. The quantitative estimate of drug-likeness (QED) is 0.730. The molecule has 1 unspecified atom stereocenters. The van der Waals surface area contributed by atoms with Crippen LogP contribution >= 0.6 is 46.4 Å². The highest BCUT2D eigenvalue weighted by molar-refractivity contribution is 6.45.